The van der Waals surface area contributed by atoms with Gasteiger partial charge in [-0.2, -0.15) is 4.98 Å². The van der Waals surface area contributed by atoms with Gasteiger partial charge in [0.05, 0.1) is 18.9 Å². The number of anilines is 1. The van der Waals surface area contributed by atoms with Crippen LogP contribution in [0.3, 0.4) is 0 Å². The highest BCUT2D eigenvalue weighted by atomic mass is 16.5. The zero-order valence-electron chi connectivity index (χ0n) is 14.4. The summed E-state index contributed by atoms with van der Waals surface area (Å²) >= 11 is 0. The van der Waals surface area contributed by atoms with Gasteiger partial charge in [-0.05, 0) is 12.1 Å². The molecular weight excluding hydrogens is 330 g/mol. The highest BCUT2D eigenvalue weighted by Gasteiger charge is 2.18. The third kappa shape index (κ3) is 2.82. The third-order valence-electron chi connectivity index (χ3n) is 4.05. The lowest BCUT2D eigenvalue weighted by molar-refractivity contribution is 0.415. The fourth-order valence-electron chi connectivity index (χ4n) is 2.80. The Bertz CT molecular complexity index is 1010. The maximum absolute atomic E-state index is 5.89. The Balaban J connectivity index is 1.84. The van der Waals surface area contributed by atoms with Crippen molar-refractivity contribution in [3.63, 3.8) is 0 Å². The maximum Gasteiger partial charge on any atom is 0.295 e. The molecule has 6 nitrogen and oxygen atoms in total. The Labute approximate surface area is 150 Å². The van der Waals surface area contributed by atoms with Crippen molar-refractivity contribution in [1.29, 1.82) is 0 Å². The van der Waals surface area contributed by atoms with E-state index in [1.54, 1.807) is 20.4 Å². The number of methoxy groups -OCH3 is 1. The molecule has 0 radical (unpaired) electrons. The number of oxazole rings is 2. The molecule has 0 amide bonds. The van der Waals surface area contributed by atoms with E-state index in [1.807, 2.05) is 48.5 Å². The van der Waals surface area contributed by atoms with Crippen LogP contribution in [0, 0.1) is 0 Å². The van der Waals surface area contributed by atoms with E-state index in [9.17, 15) is 0 Å². The predicted molar refractivity (Wildman–Crippen MR) is 99.0 cm³/mol. The summed E-state index contributed by atoms with van der Waals surface area (Å²) in [7, 11) is 3.40. The van der Waals surface area contributed by atoms with Crippen molar-refractivity contribution >= 4 is 6.01 Å². The van der Waals surface area contributed by atoms with Gasteiger partial charge in [-0.15, -0.1) is 0 Å². The van der Waals surface area contributed by atoms with Crippen LogP contribution < -0.4 is 10.1 Å². The molecule has 0 fully saturated rings. The zero-order valence-corrected chi connectivity index (χ0v) is 14.4. The summed E-state index contributed by atoms with van der Waals surface area (Å²) in [6, 6.07) is 16.1. The van der Waals surface area contributed by atoms with Gasteiger partial charge >= 0.3 is 0 Å². The van der Waals surface area contributed by atoms with Crippen LogP contribution in [0.1, 0.15) is 0 Å². The Morgan fingerprint density at radius 3 is 2.58 bits per heavy atom. The van der Waals surface area contributed by atoms with Gasteiger partial charge in [0.15, 0.2) is 17.9 Å². The van der Waals surface area contributed by atoms with E-state index in [-0.39, 0.29) is 0 Å². The second-order valence-electron chi connectivity index (χ2n) is 5.59. The molecule has 4 rings (SSSR count). The first-order chi connectivity index (χ1) is 12.8. The van der Waals surface area contributed by atoms with Crippen molar-refractivity contribution in [3.8, 4) is 39.7 Å². The molecule has 2 heterocycles. The normalized spacial score (nSPS) is 10.7. The summed E-state index contributed by atoms with van der Waals surface area (Å²) in [5, 5.41) is 2.96. The fourth-order valence-corrected chi connectivity index (χ4v) is 2.80. The molecule has 2 aromatic heterocycles. The van der Waals surface area contributed by atoms with E-state index in [1.165, 1.54) is 6.39 Å². The van der Waals surface area contributed by atoms with Crippen molar-refractivity contribution in [2.75, 3.05) is 19.5 Å². The minimum Gasteiger partial charge on any atom is -0.496 e. The van der Waals surface area contributed by atoms with Crippen LogP contribution in [-0.4, -0.2) is 24.1 Å². The lowest BCUT2D eigenvalue weighted by atomic mass is 10.0. The number of hydrogen-bond donors (Lipinski definition) is 1. The number of nitrogens with zero attached hydrogens (tertiary/aromatic N) is 2. The average Bonchev–Trinajstić information content (AvgIpc) is 3.38. The second-order valence-corrected chi connectivity index (χ2v) is 5.59. The summed E-state index contributed by atoms with van der Waals surface area (Å²) in [6.45, 7) is 0. The molecule has 0 bridgehead atoms. The quantitative estimate of drug-likeness (QED) is 0.563. The predicted octanol–water partition coefficient (Wildman–Crippen LogP) is 4.71. The van der Waals surface area contributed by atoms with Crippen molar-refractivity contribution in [1.82, 2.24) is 9.97 Å². The van der Waals surface area contributed by atoms with Crippen LogP contribution in [0.25, 0.3) is 33.9 Å². The molecule has 0 aliphatic rings. The molecule has 1 N–H and O–H groups in total. The van der Waals surface area contributed by atoms with Crippen LogP contribution in [0.2, 0.25) is 0 Å². The monoisotopic (exact) mass is 347 g/mol. The van der Waals surface area contributed by atoms with E-state index < -0.39 is 0 Å². The van der Waals surface area contributed by atoms with Crippen molar-refractivity contribution in [3.05, 3.63) is 61.1 Å². The van der Waals surface area contributed by atoms with Crippen LogP contribution in [-0.2, 0) is 0 Å². The number of ether oxygens (including phenoxy) is 1. The highest BCUT2D eigenvalue weighted by Crippen LogP contribution is 2.38. The third-order valence-corrected chi connectivity index (χ3v) is 4.05. The Kier molecular flexibility index (Phi) is 4.15. The average molecular weight is 347 g/mol. The van der Waals surface area contributed by atoms with E-state index >= 15 is 0 Å². The summed E-state index contributed by atoms with van der Waals surface area (Å²) in [6.07, 6.45) is 3.05. The SMILES string of the molecule is CNc1nc(-c2ccc(-c3cnco3)c(OC)c2)c(-c2ccccc2)o1. The van der Waals surface area contributed by atoms with Gasteiger partial charge in [0, 0.05) is 18.2 Å². The number of rotatable bonds is 5. The zero-order chi connectivity index (χ0) is 17.9. The number of nitrogens with one attached hydrogen (secondary N) is 1. The van der Waals surface area contributed by atoms with Crippen LogP contribution in [0.15, 0.2) is 70.0 Å². The van der Waals surface area contributed by atoms with Gasteiger partial charge < -0.3 is 18.9 Å². The van der Waals surface area contributed by atoms with Gasteiger partial charge in [0.2, 0.25) is 0 Å². The Hall–Kier alpha value is -3.54. The van der Waals surface area contributed by atoms with Crippen LogP contribution in [0.4, 0.5) is 6.01 Å². The first-order valence-corrected chi connectivity index (χ1v) is 8.11. The van der Waals surface area contributed by atoms with Crippen molar-refractivity contribution < 1.29 is 13.6 Å². The summed E-state index contributed by atoms with van der Waals surface area (Å²) < 4.78 is 16.8. The van der Waals surface area contributed by atoms with Gasteiger partial charge in [-0.1, -0.05) is 36.4 Å². The lowest BCUT2D eigenvalue weighted by Gasteiger charge is -2.08. The first-order valence-electron chi connectivity index (χ1n) is 8.11. The van der Waals surface area contributed by atoms with Crippen molar-refractivity contribution in [2.45, 2.75) is 0 Å². The molecule has 0 atom stereocenters. The molecular formula is C20H17N3O3. The topological polar surface area (TPSA) is 73.3 Å². The summed E-state index contributed by atoms with van der Waals surface area (Å²) in [5.41, 5.74) is 3.40. The molecule has 6 heteroatoms. The molecule has 2 aromatic carbocycles. The molecule has 4 aromatic rings. The lowest BCUT2D eigenvalue weighted by Crippen LogP contribution is -1.90. The van der Waals surface area contributed by atoms with Crippen LogP contribution in [0.5, 0.6) is 5.75 Å². The minimum atomic E-state index is 0.456. The first kappa shape index (κ1) is 16.0. The van der Waals surface area contributed by atoms with Gasteiger partial charge in [-0.25, -0.2) is 4.98 Å². The van der Waals surface area contributed by atoms with Crippen LogP contribution >= 0.6 is 0 Å². The van der Waals surface area contributed by atoms with Gasteiger partial charge in [0.25, 0.3) is 6.01 Å². The van der Waals surface area contributed by atoms with Gasteiger partial charge in [0.1, 0.15) is 11.4 Å². The molecule has 130 valence electrons. The van der Waals surface area contributed by atoms with E-state index in [4.69, 9.17) is 13.6 Å². The Morgan fingerprint density at radius 2 is 1.88 bits per heavy atom. The largest absolute Gasteiger partial charge is 0.496 e. The number of aromatic nitrogens is 2. The minimum absolute atomic E-state index is 0.456. The highest BCUT2D eigenvalue weighted by molar-refractivity contribution is 5.81. The molecule has 0 saturated carbocycles. The molecule has 0 saturated heterocycles. The smallest absolute Gasteiger partial charge is 0.295 e. The standard InChI is InChI=1S/C20H17N3O3/c1-21-20-23-18(19(26-20)13-6-4-3-5-7-13)14-8-9-15(16(10-14)24-2)17-11-22-12-25-17/h3-12H,1-2H3,(H,21,23). The molecule has 0 aliphatic carbocycles. The second kappa shape index (κ2) is 6.76. The van der Waals surface area contributed by atoms with E-state index in [0.29, 0.717) is 23.3 Å². The summed E-state index contributed by atoms with van der Waals surface area (Å²) in [5.74, 6) is 2.02. The van der Waals surface area contributed by atoms with E-state index in [0.717, 1.165) is 22.4 Å². The van der Waals surface area contributed by atoms with Gasteiger partial charge in [-0.3, -0.25) is 0 Å². The summed E-state index contributed by atoms with van der Waals surface area (Å²) in [4.78, 5) is 8.54. The molecule has 0 unspecified atom stereocenters. The number of hydrogen-bond acceptors (Lipinski definition) is 6. The molecule has 0 spiro atoms. The Morgan fingerprint density at radius 1 is 1.04 bits per heavy atom. The molecule has 26 heavy (non-hydrogen) atoms. The van der Waals surface area contributed by atoms with E-state index in [2.05, 4.69) is 15.3 Å². The number of benzene rings is 2. The maximum atomic E-state index is 5.89. The van der Waals surface area contributed by atoms with Crippen molar-refractivity contribution in [2.24, 2.45) is 0 Å². The molecule has 0 aliphatic heterocycles. The fraction of sp³-hybridized carbons (Fsp3) is 0.100.